The van der Waals surface area contributed by atoms with E-state index in [0.717, 1.165) is 28.1 Å². The van der Waals surface area contributed by atoms with Crippen molar-refractivity contribution in [2.75, 3.05) is 7.11 Å². The van der Waals surface area contributed by atoms with E-state index in [1.54, 1.807) is 31.9 Å². The van der Waals surface area contributed by atoms with Gasteiger partial charge in [-0.1, -0.05) is 37.3 Å². The number of ether oxygens (including phenoxy) is 1. The van der Waals surface area contributed by atoms with Gasteiger partial charge in [-0.3, -0.25) is 4.57 Å². The second kappa shape index (κ2) is 8.22. The third kappa shape index (κ3) is 3.32. The molecule has 0 N–H and O–H groups in total. The molecule has 0 fully saturated rings. The number of terminal acetylenes is 1. The highest BCUT2D eigenvalue weighted by Gasteiger charge is 2.28. The summed E-state index contributed by atoms with van der Waals surface area (Å²) in [5.74, 6) is 4.50. The molecule has 0 unspecified atom stereocenters. The van der Waals surface area contributed by atoms with Gasteiger partial charge in [-0.15, -0.1) is 16.6 Å². The van der Waals surface area contributed by atoms with Crippen molar-refractivity contribution in [1.82, 2.24) is 29.3 Å². The minimum Gasteiger partial charge on any atom is -0.443 e. The summed E-state index contributed by atoms with van der Waals surface area (Å²) in [7, 11) is 1.63. The Morgan fingerprint density at radius 2 is 2.21 bits per heavy atom. The van der Waals surface area contributed by atoms with E-state index in [0.29, 0.717) is 42.1 Å². The zero-order valence-corrected chi connectivity index (χ0v) is 18.0. The molecule has 1 aliphatic heterocycles. The van der Waals surface area contributed by atoms with Crippen LogP contribution >= 0.6 is 0 Å². The standard InChI is InChI=1S/C25H20N6O2/c1-5-8-17(7-3)19-13-33-25(27-19)23-21-12-30-22(14-32-4)28-29-24(30)18-11-16(6-2)9-10-20(18)31(21)15-26-23/h2,5,7-11,13,15H,1,3,12,14H2,4H3/b17-8+. The second-order valence-corrected chi connectivity index (χ2v) is 7.34. The van der Waals surface area contributed by atoms with E-state index >= 15 is 0 Å². The molecule has 0 radical (unpaired) electrons. The summed E-state index contributed by atoms with van der Waals surface area (Å²) in [5, 5.41) is 8.78. The van der Waals surface area contributed by atoms with Crippen LogP contribution in [0.15, 0.2) is 66.6 Å². The normalized spacial score (nSPS) is 12.3. The van der Waals surface area contributed by atoms with E-state index in [9.17, 15) is 0 Å². The summed E-state index contributed by atoms with van der Waals surface area (Å²) in [6.45, 7) is 8.34. The van der Waals surface area contributed by atoms with Crippen molar-refractivity contribution >= 4 is 5.57 Å². The monoisotopic (exact) mass is 436 g/mol. The molecule has 8 nitrogen and oxygen atoms in total. The Morgan fingerprint density at radius 3 is 2.97 bits per heavy atom. The molecule has 8 heteroatoms. The van der Waals surface area contributed by atoms with Crippen molar-refractivity contribution in [3.63, 3.8) is 0 Å². The maximum Gasteiger partial charge on any atom is 0.247 e. The molecule has 5 rings (SSSR count). The number of fused-ring (bicyclic) bond motifs is 5. The fourth-order valence-electron chi connectivity index (χ4n) is 3.91. The number of hydrogen-bond acceptors (Lipinski definition) is 6. The van der Waals surface area contributed by atoms with Gasteiger partial charge in [0, 0.05) is 23.8 Å². The molecule has 4 heterocycles. The third-order valence-corrected chi connectivity index (χ3v) is 5.46. The Hall–Kier alpha value is -4.48. The lowest BCUT2D eigenvalue weighted by Gasteiger charge is -2.09. The maximum absolute atomic E-state index is 5.82. The quantitative estimate of drug-likeness (QED) is 0.295. The zero-order valence-electron chi connectivity index (χ0n) is 18.0. The fraction of sp³-hybridized carbons (Fsp3) is 0.120. The smallest absolute Gasteiger partial charge is 0.247 e. The Kier molecular flexibility index (Phi) is 5.09. The zero-order chi connectivity index (χ0) is 22.9. The Balaban J connectivity index is 1.71. The number of nitrogens with zero attached hydrogens (tertiary/aromatic N) is 6. The van der Waals surface area contributed by atoms with Crippen molar-refractivity contribution in [1.29, 1.82) is 0 Å². The van der Waals surface area contributed by atoms with Gasteiger partial charge in [-0.25, -0.2) is 9.97 Å². The van der Waals surface area contributed by atoms with E-state index in [-0.39, 0.29) is 0 Å². The minimum atomic E-state index is 0.318. The highest BCUT2D eigenvalue weighted by Crippen LogP contribution is 2.35. The van der Waals surface area contributed by atoms with Crippen molar-refractivity contribution < 1.29 is 9.15 Å². The highest BCUT2D eigenvalue weighted by molar-refractivity contribution is 5.74. The van der Waals surface area contributed by atoms with Crippen molar-refractivity contribution in [3.8, 4) is 41.0 Å². The molecule has 1 aromatic carbocycles. The van der Waals surface area contributed by atoms with Gasteiger partial charge in [-0.05, 0) is 18.2 Å². The lowest BCUT2D eigenvalue weighted by atomic mass is 10.1. The van der Waals surface area contributed by atoms with Gasteiger partial charge in [0.15, 0.2) is 11.6 Å². The van der Waals surface area contributed by atoms with Gasteiger partial charge in [0.2, 0.25) is 5.89 Å². The van der Waals surface area contributed by atoms with E-state index in [4.69, 9.17) is 15.6 Å². The number of benzene rings is 1. The van der Waals surface area contributed by atoms with E-state index in [1.165, 1.54) is 0 Å². The van der Waals surface area contributed by atoms with Crippen LogP contribution in [0.25, 0.3) is 34.2 Å². The Bertz CT molecular complexity index is 1460. The molecule has 0 saturated carbocycles. The van der Waals surface area contributed by atoms with E-state index < -0.39 is 0 Å². The number of oxazole rings is 1. The lowest BCUT2D eigenvalue weighted by molar-refractivity contribution is 0.174. The van der Waals surface area contributed by atoms with Gasteiger partial charge in [-0.2, -0.15) is 0 Å². The Morgan fingerprint density at radius 1 is 1.33 bits per heavy atom. The van der Waals surface area contributed by atoms with Gasteiger partial charge in [0.1, 0.15) is 30.6 Å². The highest BCUT2D eigenvalue weighted by atomic mass is 16.5. The first kappa shape index (κ1) is 20.4. The van der Waals surface area contributed by atoms with Crippen molar-refractivity contribution in [2.24, 2.45) is 0 Å². The predicted molar refractivity (Wildman–Crippen MR) is 124 cm³/mol. The first-order valence-corrected chi connectivity index (χ1v) is 10.2. The molecule has 0 atom stereocenters. The first-order valence-electron chi connectivity index (χ1n) is 10.2. The average Bonchev–Trinajstić information content (AvgIpc) is 3.55. The average molecular weight is 436 g/mol. The SMILES string of the molecule is C#Cc1ccc2c(c1)-c1nnc(COC)n1Cc1c(-c3nc(/C(C=C)=C/C=C)co3)ncn1-2. The molecule has 0 spiro atoms. The number of allylic oxidation sites excluding steroid dienone is 4. The maximum atomic E-state index is 5.82. The molecular formula is C25H20N6O2. The number of aromatic nitrogens is 6. The van der Waals surface area contributed by atoms with Crippen LogP contribution in [0.3, 0.4) is 0 Å². The molecule has 33 heavy (non-hydrogen) atoms. The van der Waals surface area contributed by atoms with Crippen LogP contribution in [0, 0.1) is 12.3 Å². The topological polar surface area (TPSA) is 83.8 Å². The van der Waals surface area contributed by atoms with Gasteiger partial charge < -0.3 is 13.7 Å². The first-order chi connectivity index (χ1) is 16.2. The van der Waals surface area contributed by atoms with Crippen LogP contribution in [0.5, 0.6) is 0 Å². The van der Waals surface area contributed by atoms with E-state index in [2.05, 4.69) is 39.2 Å². The summed E-state index contributed by atoms with van der Waals surface area (Å²) in [6, 6.07) is 5.79. The minimum absolute atomic E-state index is 0.318. The molecule has 3 aromatic heterocycles. The molecule has 0 aliphatic carbocycles. The predicted octanol–water partition coefficient (Wildman–Crippen LogP) is 4.03. The lowest BCUT2D eigenvalue weighted by Crippen LogP contribution is -2.09. The number of hydrogen-bond donors (Lipinski definition) is 0. The number of methoxy groups -OCH3 is 1. The molecule has 0 amide bonds. The van der Waals surface area contributed by atoms with E-state index in [1.807, 2.05) is 33.4 Å². The van der Waals surface area contributed by atoms with Crippen LogP contribution in [-0.2, 0) is 17.9 Å². The largest absolute Gasteiger partial charge is 0.443 e. The van der Waals surface area contributed by atoms with Crippen LogP contribution < -0.4 is 0 Å². The number of imidazole rings is 1. The van der Waals surface area contributed by atoms with Crippen LogP contribution in [-0.4, -0.2) is 36.4 Å². The molecule has 4 aromatic rings. The summed E-state index contributed by atoms with van der Waals surface area (Å²) in [4.78, 5) is 9.29. The third-order valence-electron chi connectivity index (χ3n) is 5.46. The van der Waals surface area contributed by atoms with Crippen molar-refractivity contribution in [3.05, 3.63) is 85.0 Å². The summed E-state index contributed by atoms with van der Waals surface area (Å²) in [5.41, 5.74) is 5.47. The fourth-order valence-corrected chi connectivity index (χ4v) is 3.91. The van der Waals surface area contributed by atoms with Gasteiger partial charge in [0.05, 0.1) is 17.9 Å². The summed E-state index contributed by atoms with van der Waals surface area (Å²) >= 11 is 0. The summed E-state index contributed by atoms with van der Waals surface area (Å²) in [6.07, 6.45) is 14.2. The van der Waals surface area contributed by atoms with Gasteiger partial charge >= 0.3 is 0 Å². The van der Waals surface area contributed by atoms with Crippen LogP contribution in [0.2, 0.25) is 0 Å². The van der Waals surface area contributed by atoms with Crippen LogP contribution in [0.1, 0.15) is 22.8 Å². The Labute approximate surface area is 190 Å². The number of rotatable bonds is 6. The molecule has 1 aliphatic rings. The molecule has 0 saturated heterocycles. The second-order valence-electron chi connectivity index (χ2n) is 7.34. The molecular weight excluding hydrogens is 416 g/mol. The molecule has 162 valence electrons. The summed E-state index contributed by atoms with van der Waals surface area (Å²) < 4.78 is 15.2. The molecule has 0 bridgehead atoms. The van der Waals surface area contributed by atoms with Crippen LogP contribution in [0.4, 0.5) is 0 Å². The van der Waals surface area contributed by atoms with Gasteiger partial charge in [0.25, 0.3) is 0 Å². The van der Waals surface area contributed by atoms with Crippen molar-refractivity contribution in [2.45, 2.75) is 13.2 Å².